The molecule has 2 heterocycles. The average Bonchev–Trinajstić information content (AvgIpc) is 3.22. The van der Waals surface area contributed by atoms with Gasteiger partial charge in [0.2, 0.25) is 10.9 Å². The molecule has 0 aliphatic rings. The van der Waals surface area contributed by atoms with Gasteiger partial charge < -0.3 is 10.1 Å². The zero-order valence-corrected chi connectivity index (χ0v) is 15.5. The average molecular weight is 381 g/mol. The van der Waals surface area contributed by atoms with E-state index in [1.165, 1.54) is 11.3 Å². The second kappa shape index (κ2) is 7.11. The molecule has 0 amide bonds. The molecule has 0 atom stereocenters. The van der Waals surface area contributed by atoms with Crippen molar-refractivity contribution in [2.45, 2.75) is 0 Å². The largest absolute Gasteiger partial charge is 0.497 e. The van der Waals surface area contributed by atoms with Crippen LogP contribution in [0.3, 0.4) is 0 Å². The fraction of sp³-hybridized carbons (Fsp3) is 0.0556. The van der Waals surface area contributed by atoms with E-state index < -0.39 is 0 Å². The van der Waals surface area contributed by atoms with Gasteiger partial charge in [-0.15, -0.1) is 16.4 Å². The summed E-state index contributed by atoms with van der Waals surface area (Å²) in [5, 5.41) is 13.1. The summed E-state index contributed by atoms with van der Waals surface area (Å²) in [7, 11) is 1.65. The van der Waals surface area contributed by atoms with Gasteiger partial charge in [-0.25, -0.2) is 4.52 Å². The Morgan fingerprint density at radius 3 is 2.77 bits per heavy atom. The molecule has 0 fully saturated rings. The van der Waals surface area contributed by atoms with Crippen LogP contribution >= 0.6 is 23.6 Å². The monoisotopic (exact) mass is 381 g/mol. The summed E-state index contributed by atoms with van der Waals surface area (Å²) in [6, 6.07) is 17.6. The van der Waals surface area contributed by atoms with Gasteiger partial charge in [0.1, 0.15) is 5.75 Å². The minimum atomic E-state index is 0.442. The smallest absolute Gasteiger partial charge is 0.250 e. The Labute approximate surface area is 159 Å². The molecule has 0 saturated heterocycles. The second-order valence-electron chi connectivity index (χ2n) is 5.43. The predicted octanol–water partition coefficient (Wildman–Crippen LogP) is 4.28. The predicted molar refractivity (Wildman–Crippen MR) is 109 cm³/mol. The van der Waals surface area contributed by atoms with Crippen molar-refractivity contribution in [3.8, 4) is 17.0 Å². The molecule has 0 bridgehead atoms. The summed E-state index contributed by atoms with van der Waals surface area (Å²) in [6.07, 6.45) is 0. The molecule has 2 N–H and O–H groups in total. The lowest BCUT2D eigenvalue weighted by Gasteiger charge is -2.07. The number of fused-ring (bicyclic) bond motifs is 1. The first-order valence-electron chi connectivity index (χ1n) is 7.85. The number of methoxy groups -OCH3 is 1. The lowest BCUT2D eigenvalue weighted by molar-refractivity contribution is 0.415. The van der Waals surface area contributed by atoms with Gasteiger partial charge in [-0.05, 0) is 36.5 Å². The number of nitrogens with one attached hydrogen (secondary N) is 2. The third kappa shape index (κ3) is 3.37. The highest BCUT2D eigenvalue weighted by atomic mass is 32.1. The van der Waals surface area contributed by atoms with Gasteiger partial charge in [-0.2, -0.15) is 4.98 Å². The molecule has 0 aliphatic heterocycles. The number of benzene rings is 2. The van der Waals surface area contributed by atoms with Crippen molar-refractivity contribution in [3.63, 3.8) is 0 Å². The van der Waals surface area contributed by atoms with E-state index in [0.717, 1.165) is 27.7 Å². The molecule has 0 aliphatic carbocycles. The molecular formula is C18H15N5OS2. The van der Waals surface area contributed by atoms with Crippen LogP contribution in [0.2, 0.25) is 0 Å². The standard InChI is InChI=1S/C18H15N5OS2/c1-24-14-9-5-6-12(10-14)15-11-26-18-21-16(22-23(15)18)20-17(25)19-13-7-3-2-4-8-13/h2-11H,1H3,(H2,19,20,22,25). The summed E-state index contributed by atoms with van der Waals surface area (Å²) >= 11 is 6.85. The maximum atomic E-state index is 5.33. The third-order valence-electron chi connectivity index (χ3n) is 3.70. The van der Waals surface area contributed by atoms with E-state index in [2.05, 4.69) is 20.7 Å². The molecule has 0 unspecified atom stereocenters. The van der Waals surface area contributed by atoms with E-state index in [1.807, 2.05) is 60.0 Å². The quantitative estimate of drug-likeness (QED) is 0.515. The van der Waals surface area contributed by atoms with Crippen LogP contribution in [0.1, 0.15) is 0 Å². The number of nitrogens with zero attached hydrogens (tertiary/aromatic N) is 3. The van der Waals surface area contributed by atoms with Crippen LogP contribution in [0.5, 0.6) is 5.75 Å². The Morgan fingerprint density at radius 2 is 1.96 bits per heavy atom. The van der Waals surface area contributed by atoms with Gasteiger partial charge >= 0.3 is 0 Å². The molecule has 4 rings (SSSR count). The van der Waals surface area contributed by atoms with Crippen LogP contribution in [-0.2, 0) is 0 Å². The van der Waals surface area contributed by atoms with Crippen molar-refractivity contribution in [1.29, 1.82) is 0 Å². The molecule has 4 aromatic rings. The first kappa shape index (κ1) is 16.5. The number of hydrogen-bond donors (Lipinski definition) is 2. The first-order valence-corrected chi connectivity index (χ1v) is 9.13. The molecule has 2 aromatic heterocycles. The molecule has 0 saturated carbocycles. The SMILES string of the molecule is COc1cccc(-c2csc3nc(NC(=S)Nc4ccccc4)nn23)c1. The van der Waals surface area contributed by atoms with Crippen LogP contribution in [0.4, 0.5) is 11.6 Å². The maximum absolute atomic E-state index is 5.33. The van der Waals surface area contributed by atoms with Crippen molar-refractivity contribution in [3.05, 3.63) is 60.0 Å². The molecule has 26 heavy (non-hydrogen) atoms. The van der Waals surface area contributed by atoms with Crippen molar-refractivity contribution in [2.75, 3.05) is 17.7 Å². The van der Waals surface area contributed by atoms with Crippen molar-refractivity contribution in [1.82, 2.24) is 14.6 Å². The third-order valence-corrected chi connectivity index (χ3v) is 4.72. The molecule has 2 aromatic carbocycles. The van der Waals surface area contributed by atoms with E-state index in [9.17, 15) is 0 Å². The number of para-hydroxylation sites is 1. The van der Waals surface area contributed by atoms with E-state index in [4.69, 9.17) is 17.0 Å². The van der Waals surface area contributed by atoms with Crippen LogP contribution in [0, 0.1) is 0 Å². The van der Waals surface area contributed by atoms with Crippen LogP contribution in [0.15, 0.2) is 60.0 Å². The van der Waals surface area contributed by atoms with Crippen molar-refractivity contribution in [2.24, 2.45) is 0 Å². The Morgan fingerprint density at radius 1 is 1.12 bits per heavy atom. The molecule has 8 heteroatoms. The zero-order chi connectivity index (χ0) is 17.9. The Hall–Kier alpha value is -2.97. The van der Waals surface area contributed by atoms with Crippen LogP contribution in [-0.4, -0.2) is 26.8 Å². The van der Waals surface area contributed by atoms with Gasteiger partial charge in [0, 0.05) is 16.6 Å². The highest BCUT2D eigenvalue weighted by molar-refractivity contribution is 7.80. The molecule has 130 valence electrons. The topological polar surface area (TPSA) is 63.5 Å². The van der Waals surface area contributed by atoms with E-state index in [1.54, 1.807) is 11.6 Å². The minimum absolute atomic E-state index is 0.442. The number of aromatic nitrogens is 3. The lowest BCUT2D eigenvalue weighted by atomic mass is 10.2. The number of ether oxygens (including phenoxy) is 1. The molecule has 0 spiro atoms. The Kier molecular flexibility index (Phi) is 4.51. The fourth-order valence-electron chi connectivity index (χ4n) is 2.50. The number of thiocarbonyl (C=S) groups is 1. The normalized spacial score (nSPS) is 10.7. The fourth-order valence-corrected chi connectivity index (χ4v) is 3.54. The molecule has 0 radical (unpaired) electrons. The van der Waals surface area contributed by atoms with E-state index in [-0.39, 0.29) is 0 Å². The van der Waals surface area contributed by atoms with Crippen molar-refractivity contribution >= 4 is 45.3 Å². The van der Waals surface area contributed by atoms with Crippen molar-refractivity contribution < 1.29 is 4.74 Å². The molecular weight excluding hydrogens is 366 g/mol. The summed E-state index contributed by atoms with van der Waals surface area (Å²) in [5.74, 6) is 1.25. The summed E-state index contributed by atoms with van der Waals surface area (Å²) < 4.78 is 7.10. The van der Waals surface area contributed by atoms with Gasteiger partial charge in [-0.3, -0.25) is 5.32 Å². The molecule has 6 nitrogen and oxygen atoms in total. The second-order valence-corrected chi connectivity index (χ2v) is 6.67. The van der Waals surface area contributed by atoms with Crippen LogP contribution in [0.25, 0.3) is 16.2 Å². The van der Waals surface area contributed by atoms with Gasteiger partial charge in [-0.1, -0.05) is 30.3 Å². The highest BCUT2D eigenvalue weighted by Gasteiger charge is 2.13. The van der Waals surface area contributed by atoms with E-state index in [0.29, 0.717) is 11.1 Å². The van der Waals surface area contributed by atoms with E-state index >= 15 is 0 Å². The number of thiazole rings is 1. The number of anilines is 2. The Bertz CT molecular complexity index is 1060. The lowest BCUT2D eigenvalue weighted by Crippen LogP contribution is -2.19. The van der Waals surface area contributed by atoms with Crippen LogP contribution < -0.4 is 15.4 Å². The first-order chi connectivity index (χ1) is 12.7. The summed E-state index contributed by atoms with van der Waals surface area (Å²) in [6.45, 7) is 0. The minimum Gasteiger partial charge on any atom is -0.497 e. The Balaban J connectivity index is 1.56. The van der Waals surface area contributed by atoms with Gasteiger partial charge in [0.15, 0.2) is 5.11 Å². The zero-order valence-electron chi connectivity index (χ0n) is 13.8. The maximum Gasteiger partial charge on any atom is 0.250 e. The van der Waals surface area contributed by atoms with Gasteiger partial charge in [0.05, 0.1) is 12.8 Å². The summed E-state index contributed by atoms with van der Waals surface area (Å²) in [5.41, 5.74) is 2.87. The highest BCUT2D eigenvalue weighted by Crippen LogP contribution is 2.28. The van der Waals surface area contributed by atoms with Gasteiger partial charge in [0.25, 0.3) is 0 Å². The summed E-state index contributed by atoms with van der Waals surface area (Å²) in [4.78, 5) is 5.27. The number of rotatable bonds is 4. The number of hydrogen-bond acceptors (Lipinski definition) is 5.